The van der Waals surface area contributed by atoms with Gasteiger partial charge in [-0.3, -0.25) is 4.79 Å². The molecule has 0 bridgehead atoms. The number of hydrogen-bond donors (Lipinski definition) is 0. The number of rotatable bonds is 7. The van der Waals surface area contributed by atoms with E-state index in [1.165, 1.54) is 0 Å². The Bertz CT molecular complexity index is 404. The average molecular weight is 296 g/mol. The van der Waals surface area contributed by atoms with Crippen LogP contribution in [-0.2, 0) is 16.1 Å². The van der Waals surface area contributed by atoms with Crippen LogP contribution in [0.1, 0.15) is 31.2 Å². The fourth-order valence-electron chi connectivity index (χ4n) is 2.51. The Morgan fingerprint density at radius 1 is 1.35 bits per heavy atom. The first-order valence-corrected chi connectivity index (χ1v) is 7.82. The van der Waals surface area contributed by atoms with Gasteiger partial charge in [0, 0.05) is 32.0 Å². The van der Waals surface area contributed by atoms with Crippen molar-refractivity contribution in [2.45, 2.75) is 38.3 Å². The zero-order chi connectivity index (χ0) is 14.2. The summed E-state index contributed by atoms with van der Waals surface area (Å²) in [5.41, 5.74) is 1.14. The van der Waals surface area contributed by atoms with E-state index in [-0.39, 0.29) is 12.0 Å². The lowest BCUT2D eigenvalue weighted by Gasteiger charge is -2.22. The second-order valence-corrected chi connectivity index (χ2v) is 5.54. The van der Waals surface area contributed by atoms with E-state index >= 15 is 0 Å². The Hall–Kier alpha value is -1.06. The molecule has 0 spiro atoms. The second-order valence-electron chi connectivity index (χ2n) is 5.16. The van der Waals surface area contributed by atoms with Crippen LogP contribution in [0.3, 0.4) is 0 Å². The highest BCUT2D eigenvalue weighted by Crippen LogP contribution is 2.18. The third kappa shape index (κ3) is 4.80. The minimum Gasteiger partial charge on any atom is -0.378 e. The molecule has 0 aliphatic carbocycles. The molecule has 0 radical (unpaired) electrons. The maximum atomic E-state index is 12.3. The minimum atomic E-state index is 0.171. The Kier molecular flexibility index (Phi) is 6.34. The summed E-state index contributed by atoms with van der Waals surface area (Å²) in [5, 5.41) is 0. The van der Waals surface area contributed by atoms with Gasteiger partial charge in [0.25, 0.3) is 0 Å². The zero-order valence-electron chi connectivity index (χ0n) is 11.8. The van der Waals surface area contributed by atoms with E-state index in [0.29, 0.717) is 25.4 Å². The van der Waals surface area contributed by atoms with Gasteiger partial charge >= 0.3 is 0 Å². The average Bonchev–Trinajstić information content (AvgIpc) is 2.99. The molecule has 3 nitrogen and oxygen atoms in total. The molecule has 1 aromatic carbocycles. The van der Waals surface area contributed by atoms with E-state index in [0.717, 1.165) is 31.4 Å². The summed E-state index contributed by atoms with van der Waals surface area (Å²) in [6.45, 7) is 2.08. The Balaban J connectivity index is 1.84. The summed E-state index contributed by atoms with van der Waals surface area (Å²) in [7, 11) is 0. The lowest BCUT2D eigenvalue weighted by atomic mass is 10.1. The van der Waals surface area contributed by atoms with E-state index in [1.807, 2.05) is 35.2 Å². The summed E-state index contributed by atoms with van der Waals surface area (Å²) < 4.78 is 5.56. The van der Waals surface area contributed by atoms with Crippen molar-refractivity contribution in [1.82, 2.24) is 4.90 Å². The van der Waals surface area contributed by atoms with Gasteiger partial charge in [-0.15, -0.1) is 11.6 Å². The zero-order valence-corrected chi connectivity index (χ0v) is 12.5. The van der Waals surface area contributed by atoms with Gasteiger partial charge in [-0.05, 0) is 24.8 Å². The monoisotopic (exact) mass is 295 g/mol. The van der Waals surface area contributed by atoms with E-state index in [4.69, 9.17) is 16.3 Å². The molecule has 0 N–H and O–H groups in total. The number of alkyl halides is 1. The maximum Gasteiger partial charge on any atom is 0.223 e. The lowest BCUT2D eigenvalue weighted by Crippen LogP contribution is -2.32. The van der Waals surface area contributed by atoms with E-state index in [1.54, 1.807) is 0 Å². The van der Waals surface area contributed by atoms with Gasteiger partial charge in [-0.25, -0.2) is 0 Å². The van der Waals surface area contributed by atoms with Gasteiger partial charge < -0.3 is 9.64 Å². The van der Waals surface area contributed by atoms with Crippen LogP contribution in [0.4, 0.5) is 0 Å². The normalized spacial score (nSPS) is 18.1. The van der Waals surface area contributed by atoms with E-state index in [9.17, 15) is 4.79 Å². The molecule has 1 aromatic rings. The van der Waals surface area contributed by atoms with Crippen LogP contribution in [0, 0.1) is 0 Å². The third-order valence-corrected chi connectivity index (χ3v) is 3.80. The van der Waals surface area contributed by atoms with Crippen molar-refractivity contribution in [3.8, 4) is 0 Å². The highest BCUT2D eigenvalue weighted by molar-refractivity contribution is 6.18. The Morgan fingerprint density at radius 2 is 2.15 bits per heavy atom. The molecule has 0 aromatic heterocycles. The van der Waals surface area contributed by atoms with Gasteiger partial charge in [0.2, 0.25) is 5.91 Å². The predicted octanol–water partition coefficient (Wildman–Crippen LogP) is 3.21. The molecule has 0 saturated carbocycles. The smallest absolute Gasteiger partial charge is 0.223 e. The van der Waals surface area contributed by atoms with Crippen molar-refractivity contribution in [3.63, 3.8) is 0 Å². The number of benzene rings is 1. The summed E-state index contributed by atoms with van der Waals surface area (Å²) in [6.07, 6.45) is 3.85. The highest BCUT2D eigenvalue weighted by atomic mass is 35.5. The van der Waals surface area contributed by atoms with Crippen molar-refractivity contribution in [2.24, 2.45) is 0 Å². The van der Waals surface area contributed by atoms with Crippen molar-refractivity contribution in [3.05, 3.63) is 35.9 Å². The molecule has 20 heavy (non-hydrogen) atoms. The van der Waals surface area contributed by atoms with E-state index in [2.05, 4.69) is 0 Å². The Morgan fingerprint density at radius 3 is 2.80 bits per heavy atom. The van der Waals surface area contributed by atoms with Crippen LogP contribution in [0.15, 0.2) is 30.3 Å². The lowest BCUT2D eigenvalue weighted by molar-refractivity contribution is -0.132. The van der Waals surface area contributed by atoms with Crippen molar-refractivity contribution >= 4 is 17.5 Å². The van der Waals surface area contributed by atoms with Crippen LogP contribution in [0.25, 0.3) is 0 Å². The fourth-order valence-corrected chi connectivity index (χ4v) is 2.72. The number of amides is 1. The van der Waals surface area contributed by atoms with Crippen LogP contribution < -0.4 is 0 Å². The van der Waals surface area contributed by atoms with Crippen LogP contribution >= 0.6 is 11.6 Å². The van der Waals surface area contributed by atoms with Crippen LogP contribution in [0.5, 0.6) is 0 Å². The summed E-state index contributed by atoms with van der Waals surface area (Å²) in [6, 6.07) is 10.0. The van der Waals surface area contributed by atoms with Crippen molar-refractivity contribution in [2.75, 3.05) is 19.0 Å². The molecule has 1 atom stereocenters. The third-order valence-electron chi connectivity index (χ3n) is 3.63. The molecular weight excluding hydrogens is 274 g/mol. The molecule has 1 heterocycles. The topological polar surface area (TPSA) is 29.5 Å². The van der Waals surface area contributed by atoms with Crippen molar-refractivity contribution < 1.29 is 9.53 Å². The van der Waals surface area contributed by atoms with Crippen LogP contribution in [-0.4, -0.2) is 35.9 Å². The number of halogens is 1. The quantitative estimate of drug-likeness (QED) is 0.723. The number of hydrogen-bond acceptors (Lipinski definition) is 2. The maximum absolute atomic E-state index is 12.3. The molecule has 1 aliphatic rings. The first-order chi connectivity index (χ1) is 9.79. The molecular formula is C16H22ClNO2. The van der Waals surface area contributed by atoms with Gasteiger partial charge in [0.1, 0.15) is 0 Å². The number of carbonyl (C=O) groups is 1. The molecule has 1 amide bonds. The van der Waals surface area contributed by atoms with E-state index < -0.39 is 0 Å². The highest BCUT2D eigenvalue weighted by Gasteiger charge is 2.19. The SMILES string of the molecule is O=C(CCC1CCCO1)N(CCCl)Cc1ccccc1. The number of nitrogens with zero attached hydrogens (tertiary/aromatic N) is 1. The number of ether oxygens (including phenoxy) is 1. The Labute approximate surface area is 125 Å². The molecule has 4 heteroatoms. The van der Waals surface area contributed by atoms with Gasteiger partial charge in [0.05, 0.1) is 6.10 Å². The summed E-state index contributed by atoms with van der Waals surface area (Å²) in [4.78, 5) is 14.2. The molecule has 1 unspecified atom stereocenters. The summed E-state index contributed by atoms with van der Waals surface area (Å²) in [5.74, 6) is 0.642. The molecule has 1 fully saturated rings. The fraction of sp³-hybridized carbons (Fsp3) is 0.562. The van der Waals surface area contributed by atoms with Gasteiger partial charge in [-0.2, -0.15) is 0 Å². The number of carbonyl (C=O) groups excluding carboxylic acids is 1. The molecule has 2 rings (SSSR count). The van der Waals surface area contributed by atoms with Gasteiger partial charge in [0.15, 0.2) is 0 Å². The summed E-state index contributed by atoms with van der Waals surface area (Å²) >= 11 is 5.82. The predicted molar refractivity (Wildman–Crippen MR) is 80.8 cm³/mol. The first-order valence-electron chi connectivity index (χ1n) is 7.29. The van der Waals surface area contributed by atoms with Crippen molar-refractivity contribution in [1.29, 1.82) is 0 Å². The largest absolute Gasteiger partial charge is 0.378 e. The van der Waals surface area contributed by atoms with Crippen LogP contribution in [0.2, 0.25) is 0 Å². The molecule has 110 valence electrons. The first kappa shape index (κ1) is 15.3. The minimum absolute atomic E-state index is 0.171. The molecule has 1 saturated heterocycles. The second kappa shape index (κ2) is 8.28. The standard InChI is InChI=1S/C16H22ClNO2/c17-10-11-18(13-14-5-2-1-3-6-14)16(19)9-8-15-7-4-12-20-15/h1-3,5-6,15H,4,7-13H2. The van der Waals surface area contributed by atoms with Gasteiger partial charge in [-0.1, -0.05) is 30.3 Å². The molecule has 1 aliphatic heterocycles.